The summed E-state index contributed by atoms with van der Waals surface area (Å²) in [6.45, 7) is 1.41. The van der Waals surface area contributed by atoms with Gasteiger partial charge in [0.15, 0.2) is 12.3 Å². The molecule has 1 amide bonds. The van der Waals surface area contributed by atoms with Crippen LogP contribution in [-0.4, -0.2) is 28.5 Å². The number of hydrogen-bond donors (Lipinski definition) is 1. The molecule has 0 atom stereocenters. The molecule has 0 radical (unpaired) electrons. The van der Waals surface area contributed by atoms with Crippen LogP contribution in [-0.2, 0) is 22.4 Å². The average molecular weight is 311 g/mol. The van der Waals surface area contributed by atoms with E-state index in [9.17, 15) is 9.59 Å². The molecule has 1 aliphatic rings. The third-order valence-electron chi connectivity index (χ3n) is 3.71. The summed E-state index contributed by atoms with van der Waals surface area (Å²) in [5, 5.41) is 2.74. The molecule has 23 heavy (non-hydrogen) atoms. The van der Waals surface area contributed by atoms with Crippen LogP contribution in [0.3, 0.4) is 0 Å². The molecule has 0 saturated heterocycles. The molecule has 0 spiro atoms. The van der Waals surface area contributed by atoms with E-state index in [1.54, 1.807) is 6.92 Å². The molecule has 3 rings (SSSR count). The normalized spacial score (nSPS) is 12.6. The number of aryl methyl sites for hydroxylation is 3. The van der Waals surface area contributed by atoms with Gasteiger partial charge < -0.3 is 10.1 Å². The van der Waals surface area contributed by atoms with E-state index >= 15 is 0 Å². The molecule has 1 heterocycles. The Morgan fingerprint density at radius 1 is 1.17 bits per heavy atom. The molecule has 1 N–H and O–H groups in total. The molecule has 2 aromatic rings. The Kier molecular flexibility index (Phi) is 4.32. The summed E-state index contributed by atoms with van der Waals surface area (Å²) in [4.78, 5) is 31.5. The number of esters is 1. The lowest BCUT2D eigenvalue weighted by Crippen LogP contribution is -2.21. The lowest BCUT2D eigenvalue weighted by Gasteiger charge is -2.08. The van der Waals surface area contributed by atoms with E-state index in [0.717, 1.165) is 24.9 Å². The molecule has 0 bridgehead atoms. The van der Waals surface area contributed by atoms with E-state index in [-0.39, 0.29) is 18.2 Å². The first kappa shape index (κ1) is 15.1. The van der Waals surface area contributed by atoms with Gasteiger partial charge in [-0.3, -0.25) is 9.78 Å². The fourth-order valence-electron chi connectivity index (χ4n) is 2.55. The van der Waals surface area contributed by atoms with Crippen molar-refractivity contribution >= 4 is 17.6 Å². The number of ether oxygens (including phenoxy) is 1. The lowest BCUT2D eigenvalue weighted by atomic mass is 10.1. The van der Waals surface area contributed by atoms with Crippen LogP contribution in [0.1, 0.15) is 33.7 Å². The van der Waals surface area contributed by atoms with Gasteiger partial charge in [0, 0.05) is 11.9 Å². The number of rotatable bonds is 4. The van der Waals surface area contributed by atoms with Gasteiger partial charge in [-0.05, 0) is 49.4 Å². The number of carbonyl (C=O) groups is 2. The van der Waals surface area contributed by atoms with Crippen molar-refractivity contribution in [3.63, 3.8) is 0 Å². The number of nitrogens with zero attached hydrogens (tertiary/aromatic N) is 2. The number of aromatic nitrogens is 2. The van der Waals surface area contributed by atoms with Crippen molar-refractivity contribution in [2.75, 3.05) is 11.9 Å². The topological polar surface area (TPSA) is 81.2 Å². The zero-order valence-corrected chi connectivity index (χ0v) is 12.8. The predicted molar refractivity (Wildman–Crippen MR) is 84.1 cm³/mol. The first-order valence-corrected chi connectivity index (χ1v) is 7.49. The maximum Gasteiger partial charge on any atom is 0.359 e. The number of hydrogen-bond acceptors (Lipinski definition) is 5. The molecule has 6 nitrogen and oxygen atoms in total. The zero-order chi connectivity index (χ0) is 16.2. The van der Waals surface area contributed by atoms with Crippen molar-refractivity contribution in [1.29, 1.82) is 0 Å². The van der Waals surface area contributed by atoms with Gasteiger partial charge >= 0.3 is 5.97 Å². The number of anilines is 1. The maximum absolute atomic E-state index is 11.9. The molecule has 1 aromatic heterocycles. The van der Waals surface area contributed by atoms with Gasteiger partial charge in [-0.1, -0.05) is 6.07 Å². The molecular formula is C17H17N3O3. The first-order valence-electron chi connectivity index (χ1n) is 7.49. The smallest absolute Gasteiger partial charge is 0.359 e. The summed E-state index contributed by atoms with van der Waals surface area (Å²) >= 11 is 0. The highest BCUT2D eigenvalue weighted by Crippen LogP contribution is 2.24. The highest BCUT2D eigenvalue weighted by Gasteiger charge is 2.14. The summed E-state index contributed by atoms with van der Waals surface area (Å²) in [5.74, 6) is -1.04. The standard InChI is InChI=1S/C17H17N3O3/c1-11-8-19-15(9-18-11)17(22)23-10-16(21)20-14-6-5-12-3-2-4-13(12)7-14/h5-9H,2-4,10H2,1H3,(H,20,21). The SMILES string of the molecule is Cc1cnc(C(=O)OCC(=O)Nc2ccc3c(c2)CCC3)cn1. The molecule has 118 valence electrons. The Hall–Kier alpha value is -2.76. The molecular weight excluding hydrogens is 294 g/mol. The Morgan fingerprint density at radius 3 is 2.78 bits per heavy atom. The van der Waals surface area contributed by atoms with Gasteiger partial charge in [0.05, 0.1) is 11.9 Å². The van der Waals surface area contributed by atoms with E-state index < -0.39 is 5.97 Å². The van der Waals surface area contributed by atoms with Gasteiger partial charge in [-0.25, -0.2) is 9.78 Å². The second-order valence-electron chi connectivity index (χ2n) is 5.50. The molecule has 0 fully saturated rings. The van der Waals surface area contributed by atoms with Crippen molar-refractivity contribution in [3.8, 4) is 0 Å². The Bertz CT molecular complexity index is 741. The van der Waals surface area contributed by atoms with Gasteiger partial charge in [0.25, 0.3) is 5.91 Å². The largest absolute Gasteiger partial charge is 0.451 e. The van der Waals surface area contributed by atoms with E-state index in [2.05, 4.69) is 15.3 Å². The minimum Gasteiger partial charge on any atom is -0.451 e. The molecule has 0 unspecified atom stereocenters. The van der Waals surface area contributed by atoms with Gasteiger partial charge in [-0.2, -0.15) is 0 Å². The van der Waals surface area contributed by atoms with Crippen molar-refractivity contribution in [3.05, 3.63) is 53.1 Å². The predicted octanol–water partition coefficient (Wildman–Crippen LogP) is 2.07. The van der Waals surface area contributed by atoms with Crippen LogP contribution in [0, 0.1) is 6.92 Å². The number of amides is 1. The average Bonchev–Trinajstić information content (AvgIpc) is 3.01. The van der Waals surface area contributed by atoms with Crippen LogP contribution in [0.2, 0.25) is 0 Å². The molecule has 0 saturated carbocycles. The van der Waals surface area contributed by atoms with Crippen LogP contribution < -0.4 is 5.32 Å². The second-order valence-corrected chi connectivity index (χ2v) is 5.50. The third kappa shape index (κ3) is 3.71. The van der Waals surface area contributed by atoms with Crippen LogP contribution >= 0.6 is 0 Å². The quantitative estimate of drug-likeness (QED) is 0.874. The highest BCUT2D eigenvalue weighted by molar-refractivity contribution is 5.94. The fraction of sp³-hybridized carbons (Fsp3) is 0.294. The zero-order valence-electron chi connectivity index (χ0n) is 12.8. The highest BCUT2D eigenvalue weighted by atomic mass is 16.5. The van der Waals surface area contributed by atoms with Crippen molar-refractivity contribution in [1.82, 2.24) is 9.97 Å². The minimum atomic E-state index is -0.665. The monoisotopic (exact) mass is 311 g/mol. The van der Waals surface area contributed by atoms with Crippen LogP contribution in [0.5, 0.6) is 0 Å². The summed E-state index contributed by atoms with van der Waals surface area (Å²) < 4.78 is 4.94. The summed E-state index contributed by atoms with van der Waals surface area (Å²) in [6, 6.07) is 5.88. The summed E-state index contributed by atoms with van der Waals surface area (Å²) in [6.07, 6.45) is 6.10. The van der Waals surface area contributed by atoms with Crippen molar-refractivity contribution in [2.45, 2.75) is 26.2 Å². The summed E-state index contributed by atoms with van der Waals surface area (Å²) in [5.41, 5.74) is 4.13. The number of carbonyl (C=O) groups excluding carboxylic acids is 2. The fourth-order valence-corrected chi connectivity index (χ4v) is 2.55. The molecule has 6 heteroatoms. The number of fused-ring (bicyclic) bond motifs is 1. The van der Waals surface area contributed by atoms with E-state index in [1.807, 2.05) is 18.2 Å². The van der Waals surface area contributed by atoms with Gasteiger partial charge in [0.1, 0.15) is 0 Å². The van der Waals surface area contributed by atoms with E-state index in [1.165, 1.54) is 23.5 Å². The van der Waals surface area contributed by atoms with Crippen LogP contribution in [0.25, 0.3) is 0 Å². The minimum absolute atomic E-state index is 0.0842. The van der Waals surface area contributed by atoms with Crippen LogP contribution in [0.15, 0.2) is 30.6 Å². The van der Waals surface area contributed by atoms with Gasteiger partial charge in [0.2, 0.25) is 0 Å². The van der Waals surface area contributed by atoms with E-state index in [0.29, 0.717) is 5.69 Å². The maximum atomic E-state index is 11.9. The Balaban J connectivity index is 1.53. The summed E-state index contributed by atoms with van der Waals surface area (Å²) in [7, 11) is 0. The Labute approximate surface area is 133 Å². The third-order valence-corrected chi connectivity index (χ3v) is 3.71. The van der Waals surface area contributed by atoms with Crippen LogP contribution in [0.4, 0.5) is 5.69 Å². The first-order chi connectivity index (χ1) is 11.1. The van der Waals surface area contributed by atoms with Crippen molar-refractivity contribution in [2.24, 2.45) is 0 Å². The Morgan fingerprint density at radius 2 is 2.00 bits per heavy atom. The number of benzene rings is 1. The number of nitrogens with one attached hydrogen (secondary N) is 1. The van der Waals surface area contributed by atoms with Crippen molar-refractivity contribution < 1.29 is 14.3 Å². The molecule has 1 aliphatic carbocycles. The van der Waals surface area contributed by atoms with Gasteiger partial charge in [-0.15, -0.1) is 0 Å². The molecule has 1 aromatic carbocycles. The second kappa shape index (κ2) is 6.56. The lowest BCUT2D eigenvalue weighted by molar-refractivity contribution is -0.119. The van der Waals surface area contributed by atoms with E-state index in [4.69, 9.17) is 4.74 Å². The molecule has 0 aliphatic heterocycles.